The van der Waals surface area contributed by atoms with Crippen LogP contribution in [0.1, 0.15) is 18.4 Å². The fourth-order valence-corrected chi connectivity index (χ4v) is 3.59. The van der Waals surface area contributed by atoms with E-state index in [2.05, 4.69) is 15.3 Å². The van der Waals surface area contributed by atoms with Gasteiger partial charge in [-0.3, -0.25) is 9.59 Å². The van der Waals surface area contributed by atoms with Crippen LogP contribution < -0.4 is 15.8 Å². The lowest BCUT2D eigenvalue weighted by molar-refractivity contribution is -0.125. The average molecular weight is 380 g/mol. The normalized spacial score (nSPS) is 16.9. The highest BCUT2D eigenvalue weighted by Crippen LogP contribution is 2.21. The highest BCUT2D eigenvalue weighted by Gasteiger charge is 2.28. The van der Waals surface area contributed by atoms with E-state index in [0.717, 1.165) is 12.8 Å². The maximum atomic E-state index is 13.7. The number of H-pyrrole nitrogens is 1. The Morgan fingerprint density at radius 1 is 1.21 bits per heavy atom. The van der Waals surface area contributed by atoms with Crippen molar-refractivity contribution in [1.29, 1.82) is 0 Å². The summed E-state index contributed by atoms with van der Waals surface area (Å²) in [6.07, 6.45) is 1.51. The first-order chi connectivity index (χ1) is 13.6. The van der Waals surface area contributed by atoms with Gasteiger partial charge in [0.2, 0.25) is 5.91 Å². The van der Waals surface area contributed by atoms with Crippen LogP contribution in [0.5, 0.6) is 0 Å². The molecule has 144 valence electrons. The maximum absolute atomic E-state index is 13.7. The molecule has 0 spiro atoms. The van der Waals surface area contributed by atoms with Crippen molar-refractivity contribution in [3.63, 3.8) is 0 Å². The first-order valence-electron chi connectivity index (χ1n) is 9.37. The van der Waals surface area contributed by atoms with Gasteiger partial charge in [0, 0.05) is 25.2 Å². The van der Waals surface area contributed by atoms with Crippen molar-refractivity contribution in [2.45, 2.75) is 19.4 Å². The number of amides is 1. The number of nitrogens with zero attached hydrogens (tertiary/aromatic N) is 2. The Balaban J connectivity index is 1.47. The number of hydrogen-bond donors (Lipinski definition) is 2. The molecule has 0 unspecified atom stereocenters. The number of piperidine rings is 1. The van der Waals surface area contributed by atoms with Crippen LogP contribution >= 0.6 is 0 Å². The molecule has 4 rings (SSSR count). The van der Waals surface area contributed by atoms with Gasteiger partial charge in [0.15, 0.2) is 5.82 Å². The number of carbonyl (C=O) groups is 1. The fourth-order valence-electron chi connectivity index (χ4n) is 3.59. The minimum Gasteiger partial charge on any atom is -0.352 e. The molecular formula is C21H21FN4O2. The molecular weight excluding hydrogens is 359 g/mol. The molecule has 0 saturated carbocycles. The molecule has 2 heterocycles. The van der Waals surface area contributed by atoms with E-state index in [4.69, 9.17) is 0 Å². The smallest absolute Gasteiger partial charge is 0.291 e. The third-order valence-electron chi connectivity index (χ3n) is 5.08. The zero-order chi connectivity index (χ0) is 19.5. The Kier molecular flexibility index (Phi) is 5.06. The van der Waals surface area contributed by atoms with Crippen molar-refractivity contribution in [3.05, 3.63) is 70.3 Å². The molecule has 2 aromatic carbocycles. The molecule has 6 nitrogen and oxygen atoms in total. The molecule has 1 fully saturated rings. The molecule has 0 aliphatic carbocycles. The Labute approximate surface area is 161 Å². The van der Waals surface area contributed by atoms with Gasteiger partial charge in [0.25, 0.3) is 5.56 Å². The summed E-state index contributed by atoms with van der Waals surface area (Å²) in [5.74, 6) is -0.399. The van der Waals surface area contributed by atoms with Crippen molar-refractivity contribution in [1.82, 2.24) is 15.3 Å². The van der Waals surface area contributed by atoms with Crippen molar-refractivity contribution in [2.24, 2.45) is 5.92 Å². The summed E-state index contributed by atoms with van der Waals surface area (Å²) in [6, 6.07) is 13.8. The molecule has 28 heavy (non-hydrogen) atoms. The van der Waals surface area contributed by atoms with Crippen LogP contribution in [0.15, 0.2) is 53.3 Å². The molecule has 3 aromatic rings. The van der Waals surface area contributed by atoms with Gasteiger partial charge in [0.05, 0.1) is 17.0 Å². The van der Waals surface area contributed by atoms with Crippen LogP contribution in [0, 0.1) is 11.7 Å². The third-order valence-corrected chi connectivity index (χ3v) is 5.08. The third kappa shape index (κ3) is 3.74. The van der Waals surface area contributed by atoms with Crippen molar-refractivity contribution >= 4 is 22.8 Å². The summed E-state index contributed by atoms with van der Waals surface area (Å²) in [4.78, 5) is 34.3. The SMILES string of the molecule is O=C(NCc1ccccc1F)[C@@H]1CCCN(c2nc3ccccc3[nH]c2=O)C1. The summed E-state index contributed by atoms with van der Waals surface area (Å²) in [7, 11) is 0. The van der Waals surface area contributed by atoms with E-state index in [9.17, 15) is 14.0 Å². The zero-order valence-electron chi connectivity index (χ0n) is 15.3. The van der Waals surface area contributed by atoms with Gasteiger partial charge in [-0.1, -0.05) is 30.3 Å². The highest BCUT2D eigenvalue weighted by atomic mass is 19.1. The van der Waals surface area contributed by atoms with Crippen LogP contribution in [-0.4, -0.2) is 29.0 Å². The maximum Gasteiger partial charge on any atom is 0.291 e. The Bertz CT molecular complexity index is 1070. The average Bonchev–Trinajstić information content (AvgIpc) is 2.72. The van der Waals surface area contributed by atoms with Gasteiger partial charge in [-0.25, -0.2) is 9.37 Å². The van der Waals surface area contributed by atoms with Gasteiger partial charge in [-0.15, -0.1) is 0 Å². The second kappa shape index (κ2) is 7.80. The van der Waals surface area contributed by atoms with Crippen molar-refractivity contribution < 1.29 is 9.18 Å². The fraction of sp³-hybridized carbons (Fsp3) is 0.286. The lowest BCUT2D eigenvalue weighted by Crippen LogP contribution is -2.45. The highest BCUT2D eigenvalue weighted by molar-refractivity contribution is 5.80. The molecule has 1 atom stereocenters. The number of halogens is 1. The van der Waals surface area contributed by atoms with E-state index in [1.807, 2.05) is 29.2 Å². The molecule has 1 amide bonds. The van der Waals surface area contributed by atoms with Gasteiger partial charge in [-0.05, 0) is 31.0 Å². The van der Waals surface area contributed by atoms with Crippen molar-refractivity contribution in [3.8, 4) is 0 Å². The van der Waals surface area contributed by atoms with Crippen LogP contribution in [-0.2, 0) is 11.3 Å². The lowest BCUT2D eigenvalue weighted by Gasteiger charge is -2.32. The first-order valence-corrected chi connectivity index (χ1v) is 9.37. The number of fused-ring (bicyclic) bond motifs is 1. The Morgan fingerprint density at radius 3 is 2.86 bits per heavy atom. The van der Waals surface area contributed by atoms with E-state index < -0.39 is 0 Å². The minimum absolute atomic E-state index is 0.134. The van der Waals surface area contributed by atoms with Crippen molar-refractivity contribution in [2.75, 3.05) is 18.0 Å². The lowest BCUT2D eigenvalue weighted by atomic mass is 9.97. The standard InChI is InChI=1S/C21H21FN4O2/c22-16-8-2-1-6-14(16)12-23-20(27)15-7-5-11-26(13-15)19-21(28)25-18-10-4-3-9-17(18)24-19/h1-4,6,8-10,15H,5,7,11-13H2,(H,23,27)(H,25,28)/t15-/m1/s1. The number of nitrogens with one attached hydrogen (secondary N) is 2. The van der Waals surface area contributed by atoms with Gasteiger partial charge in [-0.2, -0.15) is 0 Å². The van der Waals surface area contributed by atoms with Crippen LogP contribution in [0.3, 0.4) is 0 Å². The molecule has 1 saturated heterocycles. The number of anilines is 1. The number of benzene rings is 2. The summed E-state index contributed by atoms with van der Waals surface area (Å²) in [5, 5.41) is 2.81. The quantitative estimate of drug-likeness (QED) is 0.729. The number of carbonyl (C=O) groups excluding carboxylic acids is 1. The van der Waals surface area contributed by atoms with E-state index >= 15 is 0 Å². The largest absolute Gasteiger partial charge is 0.352 e. The van der Waals surface area contributed by atoms with E-state index in [0.29, 0.717) is 35.5 Å². The topological polar surface area (TPSA) is 78.1 Å². The molecule has 0 radical (unpaired) electrons. The molecule has 1 aliphatic rings. The summed E-state index contributed by atoms with van der Waals surface area (Å²) >= 11 is 0. The Morgan fingerprint density at radius 2 is 2.00 bits per heavy atom. The van der Waals surface area contributed by atoms with Crippen LogP contribution in [0.2, 0.25) is 0 Å². The second-order valence-corrected chi connectivity index (χ2v) is 7.00. The molecule has 1 aliphatic heterocycles. The number of aromatic nitrogens is 2. The number of para-hydroxylation sites is 2. The summed E-state index contributed by atoms with van der Waals surface area (Å²) in [6.45, 7) is 1.24. The second-order valence-electron chi connectivity index (χ2n) is 7.00. The van der Waals surface area contributed by atoms with E-state index in [-0.39, 0.29) is 29.7 Å². The zero-order valence-corrected chi connectivity index (χ0v) is 15.3. The van der Waals surface area contributed by atoms with E-state index in [1.165, 1.54) is 6.07 Å². The predicted molar refractivity (Wildman–Crippen MR) is 106 cm³/mol. The monoisotopic (exact) mass is 380 g/mol. The number of aromatic amines is 1. The number of hydrogen-bond acceptors (Lipinski definition) is 4. The van der Waals surface area contributed by atoms with Crippen LogP contribution in [0.4, 0.5) is 10.2 Å². The van der Waals surface area contributed by atoms with Gasteiger partial charge < -0.3 is 15.2 Å². The minimum atomic E-state index is -0.333. The van der Waals surface area contributed by atoms with Gasteiger partial charge >= 0.3 is 0 Å². The summed E-state index contributed by atoms with van der Waals surface area (Å²) in [5.41, 5.74) is 1.60. The number of rotatable bonds is 4. The molecule has 0 bridgehead atoms. The van der Waals surface area contributed by atoms with Crippen LogP contribution in [0.25, 0.3) is 11.0 Å². The van der Waals surface area contributed by atoms with E-state index in [1.54, 1.807) is 18.2 Å². The molecule has 2 N–H and O–H groups in total. The van der Waals surface area contributed by atoms with Gasteiger partial charge in [0.1, 0.15) is 5.82 Å². The first kappa shape index (κ1) is 18.2. The Hall–Kier alpha value is -3.22. The molecule has 7 heteroatoms. The summed E-state index contributed by atoms with van der Waals surface area (Å²) < 4.78 is 13.7. The molecule has 1 aromatic heterocycles. The predicted octanol–water partition coefficient (Wildman–Crippen LogP) is 2.60.